The van der Waals surface area contributed by atoms with E-state index in [-0.39, 0.29) is 10.8 Å². The highest BCUT2D eigenvalue weighted by Crippen LogP contribution is 2.21. The van der Waals surface area contributed by atoms with E-state index in [0.29, 0.717) is 11.3 Å². The van der Waals surface area contributed by atoms with Crippen molar-refractivity contribution in [3.8, 4) is 0 Å². The molecule has 0 fully saturated rings. The number of benzene rings is 1. The molecular weight excluding hydrogens is 276 g/mol. The molecule has 0 aliphatic carbocycles. The monoisotopic (exact) mass is 286 g/mol. The van der Waals surface area contributed by atoms with Crippen LogP contribution in [0.4, 0.5) is 5.69 Å². The number of hydroxylamine groups is 1. The van der Waals surface area contributed by atoms with E-state index in [9.17, 15) is 0 Å². The smallest absolute Gasteiger partial charge is 0.307 e. The zero-order chi connectivity index (χ0) is 14.5. The van der Waals surface area contributed by atoms with Crippen LogP contribution >= 0.6 is 12.2 Å². The summed E-state index contributed by atoms with van der Waals surface area (Å²) >= 11 is 5.18. The highest BCUT2D eigenvalue weighted by Gasteiger charge is 2.31. The van der Waals surface area contributed by atoms with Gasteiger partial charge in [-0.3, -0.25) is 0 Å². The molecule has 0 bridgehead atoms. The predicted molar refractivity (Wildman–Crippen MR) is 79.7 cm³/mol. The summed E-state index contributed by atoms with van der Waals surface area (Å²) in [5, 5.41) is 4.84. The van der Waals surface area contributed by atoms with Crippen molar-refractivity contribution in [3.63, 3.8) is 0 Å². The largest absolute Gasteiger partial charge is 0.399 e. The zero-order valence-electron chi connectivity index (χ0n) is 10.3. The quantitative estimate of drug-likeness (QED) is 0.175. The Hall–Kier alpha value is -2.69. The lowest BCUT2D eigenvalue weighted by molar-refractivity contribution is -0.367. The molecule has 7 heteroatoms. The minimum Gasteiger partial charge on any atom is -0.399 e. The van der Waals surface area contributed by atoms with Gasteiger partial charge in [0.1, 0.15) is 6.26 Å². The number of anilines is 1. The first-order valence-electron chi connectivity index (χ1n) is 5.48. The molecule has 1 aromatic carbocycles. The summed E-state index contributed by atoms with van der Waals surface area (Å²) in [5.74, 6) is 0.125. The molecule has 1 aromatic rings. The van der Waals surface area contributed by atoms with Gasteiger partial charge in [0.15, 0.2) is 4.99 Å². The maximum absolute atomic E-state index is 7.12. The summed E-state index contributed by atoms with van der Waals surface area (Å²) < 4.78 is 0. The number of amidine groups is 1. The van der Waals surface area contributed by atoms with Gasteiger partial charge >= 0.3 is 5.84 Å². The number of nitrogen functional groups attached to an aromatic ring is 1. The minimum absolute atomic E-state index is 0.125. The molecule has 20 heavy (non-hydrogen) atoms. The van der Waals surface area contributed by atoms with Gasteiger partial charge in [-0.05, 0) is 27.9 Å². The number of hydrogen-bond donors (Lipinski definition) is 1. The second-order valence-electron chi connectivity index (χ2n) is 3.68. The molecule has 0 amide bonds. The van der Waals surface area contributed by atoms with Crippen LogP contribution in [0.15, 0.2) is 47.8 Å². The molecule has 0 atom stereocenters. The Morgan fingerprint density at radius 2 is 2.10 bits per heavy atom. The van der Waals surface area contributed by atoms with Crippen LogP contribution in [0.5, 0.6) is 0 Å². The van der Waals surface area contributed by atoms with Crippen molar-refractivity contribution in [3.05, 3.63) is 59.7 Å². The normalized spacial score (nSPS) is 15.9. The molecule has 0 saturated heterocycles. The lowest BCUT2D eigenvalue weighted by atomic mass is 10.1. The number of hydrogen-bond acceptors (Lipinski definition) is 5. The molecule has 1 heterocycles. The molecule has 0 saturated carbocycles. The van der Waals surface area contributed by atoms with Crippen LogP contribution in [0.2, 0.25) is 0 Å². The number of nitrogens with two attached hydrogens (primary N) is 1. The molecule has 1 aliphatic heterocycles. The van der Waals surface area contributed by atoms with Crippen LogP contribution < -0.4 is 5.73 Å². The van der Waals surface area contributed by atoms with Gasteiger partial charge in [0.2, 0.25) is 0 Å². The summed E-state index contributed by atoms with van der Waals surface area (Å²) in [5.41, 5.74) is 7.60. The molecule has 100 valence electrons. The highest BCUT2D eigenvalue weighted by atomic mass is 32.1. The van der Waals surface area contributed by atoms with E-state index < -0.39 is 0 Å². The van der Waals surface area contributed by atoms with Crippen molar-refractivity contribution in [2.24, 2.45) is 5.10 Å². The lowest BCUT2D eigenvalue weighted by Crippen LogP contribution is -2.20. The number of hydrazone groups is 1. The van der Waals surface area contributed by atoms with Crippen LogP contribution in [-0.2, 0) is 9.88 Å². The summed E-state index contributed by atoms with van der Waals surface area (Å²) in [6, 6.07) is 7.15. The third kappa shape index (κ3) is 2.83. The van der Waals surface area contributed by atoms with Crippen molar-refractivity contribution in [1.29, 1.82) is 0 Å². The molecule has 2 rings (SSSR count). The van der Waals surface area contributed by atoms with Crippen LogP contribution in [0.1, 0.15) is 5.56 Å². The second kappa shape index (κ2) is 5.97. The fourth-order valence-electron chi connectivity index (χ4n) is 1.47. The Morgan fingerprint density at radius 1 is 1.40 bits per heavy atom. The topological polar surface area (TPSA) is 64.4 Å². The average Bonchev–Trinajstić information content (AvgIpc) is 2.75. The Balaban J connectivity index is 2.29. The van der Waals surface area contributed by atoms with Gasteiger partial charge in [-0.1, -0.05) is 43.6 Å². The third-order valence-electron chi connectivity index (χ3n) is 2.37. The van der Waals surface area contributed by atoms with E-state index in [1.165, 1.54) is 0 Å². The SMILES string of the molecule is [C-]#[N+]C1=NN(OOC=C)C(=S)/C1=C\c1ccc(N)cc1. The summed E-state index contributed by atoms with van der Waals surface area (Å²) in [7, 11) is 0. The van der Waals surface area contributed by atoms with E-state index in [0.717, 1.165) is 17.0 Å². The van der Waals surface area contributed by atoms with Crippen molar-refractivity contribution < 1.29 is 9.88 Å². The van der Waals surface area contributed by atoms with Gasteiger partial charge in [0, 0.05) is 16.4 Å². The van der Waals surface area contributed by atoms with Crippen molar-refractivity contribution in [2.45, 2.75) is 0 Å². The Bertz CT molecular complexity index is 643. The molecule has 6 nitrogen and oxygen atoms in total. The Labute approximate surface area is 121 Å². The van der Waals surface area contributed by atoms with Gasteiger partial charge in [-0.25, -0.2) is 0 Å². The van der Waals surface area contributed by atoms with Crippen LogP contribution in [-0.4, -0.2) is 16.0 Å². The number of nitrogens with zero attached hydrogens (tertiary/aromatic N) is 3. The van der Waals surface area contributed by atoms with Crippen LogP contribution in [0.3, 0.4) is 0 Å². The Kier molecular flexibility index (Phi) is 4.10. The summed E-state index contributed by atoms with van der Waals surface area (Å²) in [6.45, 7) is 10.4. The molecular formula is C13H10N4O2S. The van der Waals surface area contributed by atoms with Gasteiger partial charge < -0.3 is 15.5 Å². The molecule has 0 spiro atoms. The summed E-state index contributed by atoms with van der Waals surface area (Å²) in [6.07, 6.45) is 2.81. The highest BCUT2D eigenvalue weighted by molar-refractivity contribution is 7.80. The van der Waals surface area contributed by atoms with Crippen LogP contribution in [0, 0.1) is 6.57 Å². The fraction of sp³-hybridized carbons (Fsp3) is 0. The fourth-order valence-corrected chi connectivity index (χ4v) is 1.69. The first-order valence-corrected chi connectivity index (χ1v) is 5.89. The standard InChI is InChI=1S/C13H10N4O2S/c1-3-18-19-17-13(20)11(12(15-2)16-17)8-9-4-6-10(14)7-5-9/h3-8H,1,14H2/b11-8-. The first-order chi connectivity index (χ1) is 9.65. The maximum atomic E-state index is 7.12. The second-order valence-corrected chi connectivity index (χ2v) is 4.06. The van der Waals surface area contributed by atoms with Gasteiger partial charge in [0.05, 0.1) is 0 Å². The van der Waals surface area contributed by atoms with Crippen molar-refractivity contribution in [2.75, 3.05) is 5.73 Å². The molecule has 0 aromatic heterocycles. The van der Waals surface area contributed by atoms with Gasteiger partial charge in [-0.15, -0.1) is 0 Å². The Morgan fingerprint density at radius 3 is 2.70 bits per heavy atom. The predicted octanol–water partition coefficient (Wildman–Crippen LogP) is 2.53. The van der Waals surface area contributed by atoms with E-state index in [1.54, 1.807) is 18.2 Å². The van der Waals surface area contributed by atoms with Crippen molar-refractivity contribution >= 4 is 34.8 Å². The van der Waals surface area contributed by atoms with E-state index in [4.69, 9.17) is 29.5 Å². The van der Waals surface area contributed by atoms with E-state index in [1.807, 2.05) is 12.1 Å². The van der Waals surface area contributed by atoms with Crippen LogP contribution in [0.25, 0.3) is 10.9 Å². The van der Waals surface area contributed by atoms with Gasteiger partial charge in [-0.2, -0.15) is 0 Å². The molecule has 2 N–H and O–H groups in total. The molecule has 1 aliphatic rings. The van der Waals surface area contributed by atoms with Crippen molar-refractivity contribution in [1.82, 2.24) is 5.17 Å². The average molecular weight is 286 g/mol. The third-order valence-corrected chi connectivity index (χ3v) is 2.74. The minimum atomic E-state index is 0.125. The van der Waals surface area contributed by atoms with E-state index in [2.05, 4.69) is 21.4 Å². The number of rotatable bonds is 4. The van der Waals surface area contributed by atoms with Gasteiger partial charge in [0.25, 0.3) is 0 Å². The maximum Gasteiger partial charge on any atom is 0.307 e. The molecule has 0 unspecified atom stereocenters. The zero-order valence-corrected chi connectivity index (χ0v) is 11.1. The number of thiocarbonyl (C=S) groups is 1. The summed E-state index contributed by atoms with van der Waals surface area (Å²) in [4.78, 5) is 12.8. The molecule has 0 radical (unpaired) electrons. The first kappa shape index (κ1) is 13.7. The lowest BCUT2D eigenvalue weighted by Gasteiger charge is -2.06. The van der Waals surface area contributed by atoms with E-state index >= 15 is 0 Å².